The molecule has 6 heteroatoms. The van der Waals surface area contributed by atoms with Crippen molar-refractivity contribution in [3.63, 3.8) is 0 Å². The van der Waals surface area contributed by atoms with Gasteiger partial charge in [-0.2, -0.15) is 0 Å². The van der Waals surface area contributed by atoms with Crippen LogP contribution in [0, 0.1) is 0 Å². The lowest BCUT2D eigenvalue weighted by atomic mass is 9.95. The molecule has 196 valence electrons. The average molecular weight is 520 g/mol. The Hall–Kier alpha value is -4.84. The Morgan fingerprint density at radius 2 is 1.44 bits per heavy atom. The van der Waals surface area contributed by atoms with Gasteiger partial charge in [0.2, 0.25) is 0 Å². The number of Topliss-reactive ketones (excluding diaryl/α,β-unsaturated/α-hetero) is 1. The van der Waals surface area contributed by atoms with Crippen LogP contribution in [0.2, 0.25) is 0 Å². The van der Waals surface area contributed by atoms with Crippen LogP contribution in [0.25, 0.3) is 5.76 Å². The van der Waals surface area contributed by atoms with Gasteiger partial charge in [0.05, 0.1) is 18.2 Å². The second-order valence-corrected chi connectivity index (χ2v) is 9.22. The molecule has 1 unspecified atom stereocenters. The van der Waals surface area contributed by atoms with Crippen LogP contribution in [0.3, 0.4) is 0 Å². The number of benzene rings is 4. The Labute approximate surface area is 227 Å². The summed E-state index contributed by atoms with van der Waals surface area (Å²) in [5, 5.41) is 11.4. The lowest BCUT2D eigenvalue weighted by Crippen LogP contribution is -2.29. The predicted molar refractivity (Wildman–Crippen MR) is 149 cm³/mol. The van der Waals surface area contributed by atoms with Crippen LogP contribution in [0.4, 0.5) is 0 Å². The molecule has 1 fully saturated rings. The molecule has 0 saturated carbocycles. The first-order chi connectivity index (χ1) is 19.0. The zero-order valence-electron chi connectivity index (χ0n) is 21.6. The number of ketones is 1. The highest BCUT2D eigenvalue weighted by atomic mass is 16.5. The van der Waals surface area contributed by atoms with Gasteiger partial charge in [-0.05, 0) is 60.0 Å². The molecule has 1 heterocycles. The number of ether oxygens (including phenoxy) is 2. The molecule has 4 aromatic carbocycles. The maximum absolute atomic E-state index is 13.4. The first-order valence-corrected chi connectivity index (χ1v) is 12.9. The highest BCUT2D eigenvalue weighted by Crippen LogP contribution is 2.41. The number of nitrogens with zero attached hydrogens (tertiary/aromatic N) is 1. The third kappa shape index (κ3) is 5.70. The van der Waals surface area contributed by atoms with Gasteiger partial charge >= 0.3 is 0 Å². The Morgan fingerprint density at radius 1 is 0.769 bits per heavy atom. The third-order valence-corrected chi connectivity index (χ3v) is 6.60. The molecule has 5 rings (SSSR count). The molecule has 6 nitrogen and oxygen atoms in total. The van der Waals surface area contributed by atoms with Gasteiger partial charge in [0.15, 0.2) is 0 Å². The minimum absolute atomic E-state index is 0.0419. The first-order valence-electron chi connectivity index (χ1n) is 12.9. The van der Waals surface area contributed by atoms with E-state index in [9.17, 15) is 14.7 Å². The summed E-state index contributed by atoms with van der Waals surface area (Å²) in [6.45, 7) is 2.99. The zero-order chi connectivity index (χ0) is 27.2. The van der Waals surface area contributed by atoms with Crippen molar-refractivity contribution in [3.05, 3.63) is 137 Å². The van der Waals surface area contributed by atoms with Gasteiger partial charge in [-0.15, -0.1) is 0 Å². The lowest BCUT2D eigenvalue weighted by molar-refractivity contribution is -0.140. The van der Waals surface area contributed by atoms with Crippen LogP contribution in [0.1, 0.15) is 35.2 Å². The average Bonchev–Trinajstić information content (AvgIpc) is 3.22. The number of carbonyl (C=O) groups is 2. The van der Waals surface area contributed by atoms with E-state index in [1.54, 1.807) is 24.3 Å². The topological polar surface area (TPSA) is 76.1 Å². The normalized spacial score (nSPS) is 16.3. The molecule has 1 aliphatic heterocycles. The molecule has 39 heavy (non-hydrogen) atoms. The quantitative estimate of drug-likeness (QED) is 0.160. The highest BCUT2D eigenvalue weighted by molar-refractivity contribution is 6.46. The molecular formula is C33H29NO5. The summed E-state index contributed by atoms with van der Waals surface area (Å²) in [5.41, 5.74) is 3.04. The molecule has 1 N–H and O–H groups in total. The summed E-state index contributed by atoms with van der Waals surface area (Å²) in [6, 6.07) is 32.7. The van der Waals surface area contributed by atoms with Gasteiger partial charge in [0.1, 0.15) is 23.9 Å². The number of carbonyl (C=O) groups excluding carboxylic acids is 2. The standard InChI is InChI=1S/C33H29NO5/c1-2-38-27-18-16-25(17-19-27)31(35)29-30(34(33(37)32(29)36)21-23-10-5-3-6-11-23)26-14-9-15-28(20-26)39-22-24-12-7-4-8-13-24/h3-20,30,35H,2,21-22H2,1H3. The Balaban J connectivity index is 1.54. The number of likely N-dealkylation sites (tertiary alicyclic amines) is 1. The minimum atomic E-state index is -0.794. The van der Waals surface area contributed by atoms with Crippen molar-refractivity contribution in [2.24, 2.45) is 0 Å². The maximum Gasteiger partial charge on any atom is 0.295 e. The number of aliphatic hydroxyl groups excluding tert-OH is 1. The second-order valence-electron chi connectivity index (χ2n) is 9.22. The van der Waals surface area contributed by atoms with Crippen molar-refractivity contribution in [1.29, 1.82) is 0 Å². The van der Waals surface area contributed by atoms with E-state index in [4.69, 9.17) is 9.47 Å². The molecule has 4 aromatic rings. The Kier molecular flexibility index (Phi) is 7.73. The van der Waals surface area contributed by atoms with Crippen LogP contribution < -0.4 is 9.47 Å². The van der Waals surface area contributed by atoms with E-state index in [1.165, 1.54) is 4.90 Å². The van der Waals surface area contributed by atoms with Crippen molar-refractivity contribution in [1.82, 2.24) is 4.90 Å². The highest BCUT2D eigenvalue weighted by Gasteiger charge is 2.46. The van der Waals surface area contributed by atoms with E-state index in [-0.39, 0.29) is 17.9 Å². The number of aliphatic hydroxyl groups is 1. The Morgan fingerprint density at radius 3 is 2.10 bits per heavy atom. The van der Waals surface area contributed by atoms with Crippen molar-refractivity contribution >= 4 is 17.4 Å². The molecule has 1 atom stereocenters. The summed E-state index contributed by atoms with van der Waals surface area (Å²) in [7, 11) is 0. The first kappa shape index (κ1) is 25.8. The van der Waals surface area contributed by atoms with E-state index >= 15 is 0 Å². The molecule has 0 radical (unpaired) electrons. The van der Waals surface area contributed by atoms with Crippen molar-refractivity contribution in [3.8, 4) is 11.5 Å². The largest absolute Gasteiger partial charge is 0.507 e. The van der Waals surface area contributed by atoms with E-state index in [0.29, 0.717) is 35.8 Å². The van der Waals surface area contributed by atoms with Gasteiger partial charge in [0.25, 0.3) is 11.7 Å². The van der Waals surface area contributed by atoms with Crippen LogP contribution in [0.15, 0.2) is 115 Å². The van der Waals surface area contributed by atoms with Crippen molar-refractivity contribution in [2.75, 3.05) is 6.61 Å². The summed E-state index contributed by atoms with van der Waals surface area (Å²) < 4.78 is 11.5. The fraction of sp³-hybridized carbons (Fsp3) is 0.152. The molecular weight excluding hydrogens is 490 g/mol. The summed E-state index contributed by atoms with van der Waals surface area (Å²) in [4.78, 5) is 28.3. The fourth-order valence-electron chi connectivity index (χ4n) is 4.72. The molecule has 1 aliphatic rings. The van der Waals surface area contributed by atoms with Crippen LogP contribution in [-0.2, 0) is 22.7 Å². The molecule has 0 aliphatic carbocycles. The molecule has 1 amide bonds. The van der Waals surface area contributed by atoms with Gasteiger partial charge in [0, 0.05) is 12.1 Å². The van der Waals surface area contributed by atoms with Crippen molar-refractivity contribution in [2.45, 2.75) is 26.1 Å². The van der Waals surface area contributed by atoms with Crippen LogP contribution in [0.5, 0.6) is 11.5 Å². The Bertz CT molecular complexity index is 1480. The molecule has 1 saturated heterocycles. The molecule has 0 bridgehead atoms. The number of rotatable bonds is 9. The summed E-state index contributed by atoms with van der Waals surface area (Å²) in [5.74, 6) is -0.362. The smallest absolute Gasteiger partial charge is 0.295 e. The van der Waals surface area contributed by atoms with E-state index in [2.05, 4.69) is 0 Å². The van der Waals surface area contributed by atoms with Crippen LogP contribution in [-0.4, -0.2) is 28.3 Å². The van der Waals surface area contributed by atoms with E-state index in [1.807, 2.05) is 91.9 Å². The fourth-order valence-corrected chi connectivity index (χ4v) is 4.72. The predicted octanol–water partition coefficient (Wildman–Crippen LogP) is 6.29. The summed E-state index contributed by atoms with van der Waals surface area (Å²) in [6.07, 6.45) is 0. The maximum atomic E-state index is 13.4. The lowest BCUT2D eigenvalue weighted by Gasteiger charge is -2.26. The molecule has 0 aromatic heterocycles. The molecule has 0 spiro atoms. The number of hydrogen-bond donors (Lipinski definition) is 1. The monoisotopic (exact) mass is 519 g/mol. The third-order valence-electron chi connectivity index (χ3n) is 6.60. The van der Waals surface area contributed by atoms with E-state index < -0.39 is 17.7 Å². The number of amides is 1. The van der Waals surface area contributed by atoms with Gasteiger partial charge < -0.3 is 19.5 Å². The van der Waals surface area contributed by atoms with Crippen molar-refractivity contribution < 1.29 is 24.2 Å². The van der Waals surface area contributed by atoms with Crippen LogP contribution >= 0.6 is 0 Å². The summed E-state index contributed by atoms with van der Waals surface area (Å²) >= 11 is 0. The zero-order valence-corrected chi connectivity index (χ0v) is 21.6. The SMILES string of the molecule is CCOc1ccc(C(O)=C2C(=O)C(=O)N(Cc3ccccc3)C2c2cccc(OCc3ccccc3)c2)cc1. The van der Waals surface area contributed by atoms with Gasteiger partial charge in [-0.25, -0.2) is 0 Å². The minimum Gasteiger partial charge on any atom is -0.507 e. The van der Waals surface area contributed by atoms with E-state index in [0.717, 1.165) is 11.1 Å². The second kappa shape index (κ2) is 11.7. The van der Waals surface area contributed by atoms with Gasteiger partial charge in [-0.1, -0.05) is 72.8 Å². The van der Waals surface area contributed by atoms with Gasteiger partial charge in [-0.3, -0.25) is 9.59 Å². The number of hydrogen-bond acceptors (Lipinski definition) is 5.